The van der Waals surface area contributed by atoms with E-state index in [0.29, 0.717) is 5.56 Å². The molecule has 0 spiro atoms. The molecule has 0 fully saturated rings. The van der Waals surface area contributed by atoms with Crippen LogP contribution < -0.4 is 5.43 Å². The number of carbonyl (C=O) groups is 1. The van der Waals surface area contributed by atoms with Gasteiger partial charge in [0.15, 0.2) is 5.16 Å². The molecule has 0 bridgehead atoms. The second-order valence-electron chi connectivity index (χ2n) is 8.08. The summed E-state index contributed by atoms with van der Waals surface area (Å²) >= 11 is 1.63. The summed E-state index contributed by atoms with van der Waals surface area (Å²) in [4.78, 5) is 20.5. The number of H-pyrrole nitrogens is 1. The topological polar surface area (TPSA) is 88.0 Å². The van der Waals surface area contributed by atoms with Gasteiger partial charge in [0, 0.05) is 16.9 Å². The molecule has 0 radical (unpaired) electrons. The summed E-state index contributed by atoms with van der Waals surface area (Å²) in [5.41, 5.74) is 9.92. The number of benzene rings is 3. The number of aromatic amines is 1. The first-order valence-corrected chi connectivity index (χ1v) is 12.2. The Bertz CT molecular complexity index is 1470. The molecular formula is C27H24N6OS. The summed E-state index contributed by atoms with van der Waals surface area (Å²) < 4.78 is 1.88. The minimum Gasteiger partial charge on any atom is -0.333 e. The molecule has 7 nitrogen and oxygen atoms in total. The van der Waals surface area contributed by atoms with Crippen LogP contribution in [0.5, 0.6) is 0 Å². The Morgan fingerprint density at radius 1 is 1.03 bits per heavy atom. The highest BCUT2D eigenvalue weighted by Gasteiger charge is 2.11. The Morgan fingerprint density at radius 3 is 2.54 bits per heavy atom. The fraction of sp³-hybridized carbons (Fsp3) is 0.111. The fourth-order valence-electron chi connectivity index (χ4n) is 3.78. The second kappa shape index (κ2) is 9.99. The van der Waals surface area contributed by atoms with E-state index in [1.165, 1.54) is 0 Å². The molecule has 35 heavy (non-hydrogen) atoms. The molecule has 0 unspecified atom stereocenters. The van der Waals surface area contributed by atoms with Gasteiger partial charge in [0.25, 0.3) is 5.91 Å². The monoisotopic (exact) mass is 480 g/mol. The van der Waals surface area contributed by atoms with E-state index in [1.54, 1.807) is 18.0 Å². The lowest BCUT2D eigenvalue weighted by atomic mass is 10.1. The molecule has 0 aliphatic carbocycles. The number of fused-ring (bicyclic) bond motifs is 1. The predicted octanol–water partition coefficient (Wildman–Crippen LogP) is 5.42. The van der Waals surface area contributed by atoms with Crippen molar-refractivity contribution in [2.75, 3.05) is 0 Å². The number of carbonyl (C=O) groups excluding carboxylic acids is 1. The molecule has 2 N–H and O–H groups in total. The van der Waals surface area contributed by atoms with Gasteiger partial charge in [-0.2, -0.15) is 10.2 Å². The van der Waals surface area contributed by atoms with Crippen molar-refractivity contribution >= 4 is 34.9 Å². The average molecular weight is 481 g/mol. The number of aryl methyl sites for hydroxylation is 1. The van der Waals surface area contributed by atoms with Crippen LogP contribution in [0.3, 0.4) is 0 Å². The zero-order valence-electron chi connectivity index (χ0n) is 19.4. The fourth-order valence-corrected chi connectivity index (χ4v) is 4.62. The van der Waals surface area contributed by atoms with E-state index in [0.717, 1.165) is 50.1 Å². The predicted molar refractivity (Wildman–Crippen MR) is 140 cm³/mol. The lowest BCUT2D eigenvalue weighted by Gasteiger charge is -2.04. The molecule has 0 saturated heterocycles. The number of amides is 1. The molecule has 5 rings (SSSR count). The van der Waals surface area contributed by atoms with Crippen LogP contribution in [-0.4, -0.2) is 31.9 Å². The molecule has 3 aromatic carbocycles. The number of rotatable bonds is 7. The van der Waals surface area contributed by atoms with Gasteiger partial charge < -0.3 is 4.98 Å². The summed E-state index contributed by atoms with van der Waals surface area (Å²) in [6.07, 6.45) is 1.65. The van der Waals surface area contributed by atoms with Gasteiger partial charge in [0.2, 0.25) is 0 Å². The summed E-state index contributed by atoms with van der Waals surface area (Å²) in [7, 11) is 0. The van der Waals surface area contributed by atoms with Crippen molar-refractivity contribution in [3.8, 4) is 5.69 Å². The standard InChI is InChI=1S/C27H24N6OS/c1-18-23(19(2)33(32-18)22-8-4-3-5-9-22)16-28-31-26(34)21-14-12-20(13-15-21)17-35-27-29-24-10-6-7-11-25(24)30-27/h3-16H,17H2,1-2H3,(H,29,30)(H,31,34). The van der Waals surface area contributed by atoms with E-state index in [1.807, 2.05) is 97.4 Å². The second-order valence-corrected chi connectivity index (χ2v) is 9.04. The van der Waals surface area contributed by atoms with Gasteiger partial charge in [-0.1, -0.05) is 54.2 Å². The number of hydrogen-bond acceptors (Lipinski definition) is 5. The molecule has 0 aliphatic rings. The molecule has 0 atom stereocenters. The number of aromatic nitrogens is 4. The number of hydrazone groups is 1. The van der Waals surface area contributed by atoms with Gasteiger partial charge in [-0.15, -0.1) is 0 Å². The number of nitrogens with one attached hydrogen (secondary N) is 2. The van der Waals surface area contributed by atoms with Crippen molar-refractivity contribution in [2.24, 2.45) is 5.10 Å². The van der Waals surface area contributed by atoms with Gasteiger partial charge in [0.05, 0.1) is 34.3 Å². The largest absolute Gasteiger partial charge is 0.333 e. The minimum absolute atomic E-state index is 0.261. The Labute approximate surface area is 207 Å². The molecule has 1 amide bonds. The molecule has 8 heteroatoms. The highest BCUT2D eigenvalue weighted by Crippen LogP contribution is 2.23. The maximum atomic E-state index is 12.6. The zero-order chi connectivity index (χ0) is 24.2. The van der Waals surface area contributed by atoms with E-state index in [9.17, 15) is 4.79 Å². The van der Waals surface area contributed by atoms with Gasteiger partial charge in [-0.3, -0.25) is 4.79 Å². The van der Waals surface area contributed by atoms with Crippen LogP contribution in [0.2, 0.25) is 0 Å². The average Bonchev–Trinajstić information content (AvgIpc) is 3.44. The third-order valence-electron chi connectivity index (χ3n) is 5.67. The Morgan fingerprint density at radius 2 is 1.77 bits per heavy atom. The number of para-hydroxylation sites is 3. The van der Waals surface area contributed by atoms with Gasteiger partial charge in [0.1, 0.15) is 0 Å². The molecule has 0 saturated carbocycles. The van der Waals surface area contributed by atoms with Gasteiger partial charge in [-0.25, -0.2) is 15.1 Å². The van der Waals surface area contributed by atoms with Crippen LogP contribution in [-0.2, 0) is 5.75 Å². The normalized spacial score (nSPS) is 11.4. The number of nitrogens with zero attached hydrogens (tertiary/aromatic N) is 4. The molecule has 0 aliphatic heterocycles. The Balaban J connectivity index is 1.19. The zero-order valence-corrected chi connectivity index (χ0v) is 20.2. The summed E-state index contributed by atoms with van der Waals surface area (Å²) in [5.74, 6) is 0.493. The van der Waals surface area contributed by atoms with Crippen molar-refractivity contribution in [3.63, 3.8) is 0 Å². The molecule has 5 aromatic rings. The van der Waals surface area contributed by atoms with Crippen LogP contribution in [0.4, 0.5) is 0 Å². The van der Waals surface area contributed by atoms with E-state index in [-0.39, 0.29) is 5.91 Å². The number of hydrogen-bond donors (Lipinski definition) is 2. The smallest absolute Gasteiger partial charge is 0.271 e. The van der Waals surface area contributed by atoms with Crippen molar-refractivity contribution in [1.82, 2.24) is 25.2 Å². The molecule has 174 valence electrons. The van der Waals surface area contributed by atoms with Crippen molar-refractivity contribution in [2.45, 2.75) is 24.8 Å². The molecule has 2 heterocycles. The van der Waals surface area contributed by atoms with Crippen LogP contribution >= 0.6 is 11.8 Å². The summed E-state index contributed by atoms with van der Waals surface area (Å²) in [5, 5.41) is 9.65. The maximum Gasteiger partial charge on any atom is 0.271 e. The lowest BCUT2D eigenvalue weighted by Crippen LogP contribution is -2.17. The van der Waals surface area contributed by atoms with Crippen molar-refractivity contribution in [1.29, 1.82) is 0 Å². The quantitative estimate of drug-likeness (QED) is 0.185. The van der Waals surface area contributed by atoms with E-state index in [2.05, 4.69) is 25.6 Å². The van der Waals surface area contributed by atoms with Crippen LogP contribution in [0.25, 0.3) is 16.7 Å². The highest BCUT2D eigenvalue weighted by atomic mass is 32.2. The van der Waals surface area contributed by atoms with Gasteiger partial charge >= 0.3 is 0 Å². The number of imidazole rings is 1. The van der Waals surface area contributed by atoms with E-state index >= 15 is 0 Å². The first kappa shape index (κ1) is 22.6. The first-order chi connectivity index (χ1) is 17.1. The van der Waals surface area contributed by atoms with Crippen molar-refractivity contribution in [3.05, 3.63) is 107 Å². The van der Waals surface area contributed by atoms with Crippen LogP contribution in [0.15, 0.2) is 89.1 Å². The number of thioether (sulfide) groups is 1. The van der Waals surface area contributed by atoms with Gasteiger partial charge in [-0.05, 0) is 55.8 Å². The summed E-state index contributed by atoms with van der Waals surface area (Å²) in [6.45, 7) is 3.91. The van der Waals surface area contributed by atoms with Crippen LogP contribution in [0, 0.1) is 13.8 Å². The Kier molecular flexibility index (Phi) is 6.45. The highest BCUT2D eigenvalue weighted by molar-refractivity contribution is 7.98. The molecule has 2 aromatic heterocycles. The summed E-state index contributed by atoms with van der Waals surface area (Å²) in [6, 6.07) is 25.4. The minimum atomic E-state index is -0.261. The third-order valence-corrected chi connectivity index (χ3v) is 6.61. The Hall–Kier alpha value is -4.17. The van der Waals surface area contributed by atoms with E-state index in [4.69, 9.17) is 0 Å². The lowest BCUT2D eigenvalue weighted by molar-refractivity contribution is 0.0955. The first-order valence-electron chi connectivity index (χ1n) is 11.2. The van der Waals surface area contributed by atoms with Crippen molar-refractivity contribution < 1.29 is 4.79 Å². The molecular weight excluding hydrogens is 456 g/mol. The van der Waals surface area contributed by atoms with Crippen LogP contribution in [0.1, 0.15) is 32.9 Å². The van der Waals surface area contributed by atoms with E-state index < -0.39 is 0 Å². The third kappa shape index (κ3) is 5.02. The maximum absolute atomic E-state index is 12.6. The SMILES string of the molecule is Cc1nn(-c2ccccc2)c(C)c1C=NNC(=O)c1ccc(CSc2nc3ccccc3[nH]2)cc1.